The molecule has 0 radical (unpaired) electrons. The third kappa shape index (κ3) is 2.02. The van der Waals surface area contributed by atoms with Crippen LogP contribution in [0, 0.1) is 0 Å². The van der Waals surface area contributed by atoms with Crippen molar-refractivity contribution in [3.8, 4) is 0 Å². The Kier molecular flexibility index (Phi) is 2.52. The summed E-state index contributed by atoms with van der Waals surface area (Å²) in [6.07, 6.45) is 4.51. The largest absolute Gasteiger partial charge is 0.264 e. The summed E-state index contributed by atoms with van der Waals surface area (Å²) in [6.45, 7) is 0. The number of hydrogen-bond acceptors (Lipinski definition) is 1. The van der Waals surface area contributed by atoms with Crippen molar-refractivity contribution in [1.82, 2.24) is 4.98 Å². The fourth-order valence-electron chi connectivity index (χ4n) is 0.655. The van der Waals surface area contributed by atoms with Crippen LogP contribution in [0.4, 0.5) is 0 Å². The predicted octanol–water partition coefficient (Wildman–Crippen LogP) is 1.86. The van der Waals surface area contributed by atoms with Gasteiger partial charge in [-0.15, -0.1) is 11.6 Å². The van der Waals surface area contributed by atoms with Gasteiger partial charge in [-0.25, -0.2) is 0 Å². The van der Waals surface area contributed by atoms with Crippen LogP contribution in [-0.2, 0) is 6.42 Å². The Morgan fingerprint density at radius 2 is 2.44 bits per heavy atom. The SMILES string of the molecule is ClCCc1cccnc1. The molecule has 1 rings (SSSR count). The first kappa shape index (κ1) is 6.56. The van der Waals surface area contributed by atoms with E-state index in [9.17, 15) is 0 Å². The van der Waals surface area contributed by atoms with Crippen LogP contribution in [-0.4, -0.2) is 10.9 Å². The first-order chi connectivity index (χ1) is 4.43. The number of nitrogens with zero attached hydrogens (tertiary/aromatic N) is 1. The topological polar surface area (TPSA) is 12.9 Å². The van der Waals surface area contributed by atoms with E-state index in [-0.39, 0.29) is 0 Å². The monoisotopic (exact) mass is 141 g/mol. The molecule has 0 aliphatic rings. The van der Waals surface area contributed by atoms with Crippen molar-refractivity contribution in [2.24, 2.45) is 0 Å². The molecule has 0 atom stereocenters. The van der Waals surface area contributed by atoms with Gasteiger partial charge in [-0.3, -0.25) is 4.98 Å². The molecule has 1 nitrogen and oxygen atoms in total. The maximum absolute atomic E-state index is 5.51. The molecular formula is C7H8ClN. The Hall–Kier alpha value is -0.560. The number of aromatic nitrogens is 1. The van der Waals surface area contributed by atoms with Gasteiger partial charge >= 0.3 is 0 Å². The highest BCUT2D eigenvalue weighted by molar-refractivity contribution is 6.17. The van der Waals surface area contributed by atoms with E-state index in [1.807, 2.05) is 18.3 Å². The van der Waals surface area contributed by atoms with Gasteiger partial charge in [0.15, 0.2) is 0 Å². The molecule has 0 unspecified atom stereocenters. The highest BCUT2D eigenvalue weighted by atomic mass is 35.5. The Balaban J connectivity index is 2.61. The second-order valence-electron chi connectivity index (χ2n) is 1.80. The number of rotatable bonds is 2. The summed E-state index contributed by atoms with van der Waals surface area (Å²) in [5.74, 6) is 0.672. The minimum absolute atomic E-state index is 0.672. The molecule has 1 aromatic rings. The molecular weight excluding hydrogens is 134 g/mol. The van der Waals surface area contributed by atoms with Crippen molar-refractivity contribution < 1.29 is 0 Å². The van der Waals surface area contributed by atoms with Crippen molar-refractivity contribution in [1.29, 1.82) is 0 Å². The lowest BCUT2D eigenvalue weighted by molar-refractivity contribution is 1.11. The van der Waals surface area contributed by atoms with Crippen molar-refractivity contribution in [3.63, 3.8) is 0 Å². The average molecular weight is 142 g/mol. The quantitative estimate of drug-likeness (QED) is 0.573. The molecule has 0 saturated carbocycles. The van der Waals surface area contributed by atoms with Gasteiger partial charge in [0.25, 0.3) is 0 Å². The molecule has 0 aromatic carbocycles. The maximum atomic E-state index is 5.51. The van der Waals surface area contributed by atoms with E-state index in [1.54, 1.807) is 6.20 Å². The lowest BCUT2D eigenvalue weighted by Gasteiger charge is -1.92. The van der Waals surface area contributed by atoms with Gasteiger partial charge in [-0.05, 0) is 18.1 Å². The minimum Gasteiger partial charge on any atom is -0.264 e. The summed E-state index contributed by atoms with van der Waals surface area (Å²) in [5.41, 5.74) is 1.20. The van der Waals surface area contributed by atoms with Crippen molar-refractivity contribution in [2.75, 3.05) is 5.88 Å². The Morgan fingerprint density at radius 3 is 3.00 bits per heavy atom. The van der Waals surface area contributed by atoms with Crippen LogP contribution in [0.25, 0.3) is 0 Å². The zero-order chi connectivity index (χ0) is 6.53. The van der Waals surface area contributed by atoms with Gasteiger partial charge in [0.2, 0.25) is 0 Å². The molecule has 1 heterocycles. The zero-order valence-corrected chi connectivity index (χ0v) is 5.80. The van der Waals surface area contributed by atoms with Gasteiger partial charge in [0.05, 0.1) is 0 Å². The minimum atomic E-state index is 0.672. The van der Waals surface area contributed by atoms with Crippen LogP contribution in [0.5, 0.6) is 0 Å². The summed E-state index contributed by atoms with van der Waals surface area (Å²) in [6, 6.07) is 3.94. The second-order valence-corrected chi connectivity index (χ2v) is 2.18. The van der Waals surface area contributed by atoms with Crippen LogP contribution >= 0.6 is 11.6 Å². The van der Waals surface area contributed by atoms with Gasteiger partial charge in [-0.1, -0.05) is 6.07 Å². The second kappa shape index (κ2) is 3.46. The van der Waals surface area contributed by atoms with Gasteiger partial charge in [-0.2, -0.15) is 0 Å². The van der Waals surface area contributed by atoms with Crippen molar-refractivity contribution in [3.05, 3.63) is 30.1 Å². The van der Waals surface area contributed by atoms with E-state index in [1.165, 1.54) is 5.56 Å². The molecule has 48 valence electrons. The lowest BCUT2D eigenvalue weighted by Crippen LogP contribution is -1.84. The highest BCUT2D eigenvalue weighted by Crippen LogP contribution is 1.96. The number of aryl methyl sites for hydroxylation is 1. The highest BCUT2D eigenvalue weighted by Gasteiger charge is 1.86. The van der Waals surface area contributed by atoms with Crippen LogP contribution in [0.15, 0.2) is 24.5 Å². The van der Waals surface area contributed by atoms with Crippen LogP contribution in [0.2, 0.25) is 0 Å². The fourth-order valence-corrected chi connectivity index (χ4v) is 0.873. The Bertz CT molecular complexity index is 162. The maximum Gasteiger partial charge on any atom is 0.0300 e. The zero-order valence-electron chi connectivity index (χ0n) is 5.05. The number of alkyl halides is 1. The number of pyridine rings is 1. The Morgan fingerprint density at radius 1 is 1.56 bits per heavy atom. The van der Waals surface area contributed by atoms with Crippen molar-refractivity contribution >= 4 is 11.6 Å². The van der Waals surface area contributed by atoms with Gasteiger partial charge in [0, 0.05) is 18.3 Å². The van der Waals surface area contributed by atoms with Crippen molar-refractivity contribution in [2.45, 2.75) is 6.42 Å². The van der Waals surface area contributed by atoms with Gasteiger partial charge in [0.1, 0.15) is 0 Å². The molecule has 0 saturated heterocycles. The number of halogens is 1. The first-order valence-corrected chi connectivity index (χ1v) is 3.42. The molecule has 0 spiro atoms. The number of hydrogen-bond donors (Lipinski definition) is 0. The average Bonchev–Trinajstić information content (AvgIpc) is 1.91. The third-order valence-corrected chi connectivity index (χ3v) is 1.29. The molecule has 0 N–H and O–H groups in total. The summed E-state index contributed by atoms with van der Waals surface area (Å²) in [4.78, 5) is 3.94. The summed E-state index contributed by atoms with van der Waals surface area (Å²) in [7, 11) is 0. The van der Waals surface area contributed by atoms with E-state index < -0.39 is 0 Å². The van der Waals surface area contributed by atoms with E-state index in [0.717, 1.165) is 6.42 Å². The smallest absolute Gasteiger partial charge is 0.0300 e. The molecule has 0 bridgehead atoms. The normalized spacial score (nSPS) is 9.44. The fraction of sp³-hybridized carbons (Fsp3) is 0.286. The van der Waals surface area contributed by atoms with E-state index in [2.05, 4.69) is 4.98 Å². The molecule has 9 heavy (non-hydrogen) atoms. The summed E-state index contributed by atoms with van der Waals surface area (Å²) in [5, 5.41) is 0. The summed E-state index contributed by atoms with van der Waals surface area (Å²) >= 11 is 5.51. The standard InChI is InChI=1S/C7H8ClN/c8-4-3-7-2-1-5-9-6-7/h1-2,5-6H,3-4H2. The van der Waals surface area contributed by atoms with E-state index in [4.69, 9.17) is 11.6 Å². The Labute approximate surface area is 59.7 Å². The molecule has 0 aliphatic heterocycles. The first-order valence-electron chi connectivity index (χ1n) is 2.88. The van der Waals surface area contributed by atoms with Crippen LogP contribution in [0.1, 0.15) is 5.56 Å². The molecule has 0 fully saturated rings. The van der Waals surface area contributed by atoms with E-state index >= 15 is 0 Å². The summed E-state index contributed by atoms with van der Waals surface area (Å²) < 4.78 is 0. The molecule has 2 heteroatoms. The van der Waals surface area contributed by atoms with Gasteiger partial charge < -0.3 is 0 Å². The van der Waals surface area contributed by atoms with E-state index in [0.29, 0.717) is 5.88 Å². The molecule has 0 aliphatic carbocycles. The molecule has 0 amide bonds. The molecule has 1 aromatic heterocycles. The predicted molar refractivity (Wildman–Crippen MR) is 38.7 cm³/mol. The third-order valence-electron chi connectivity index (χ3n) is 1.11. The lowest BCUT2D eigenvalue weighted by atomic mass is 10.2. The van der Waals surface area contributed by atoms with Crippen LogP contribution in [0.3, 0.4) is 0 Å². The van der Waals surface area contributed by atoms with Crippen LogP contribution < -0.4 is 0 Å².